The second-order valence-corrected chi connectivity index (χ2v) is 5.64. The summed E-state index contributed by atoms with van der Waals surface area (Å²) in [6.45, 7) is 0.629. The molecule has 0 fully saturated rings. The standard InChI is InChI=1S/C17H17ClFNO/c1-21-17-4-2-3-15(18)14(17)10-20-16-8-5-11-9-12(19)6-7-13(11)16/h2-4,6-7,9,16,20H,5,8,10H2,1H3. The topological polar surface area (TPSA) is 21.3 Å². The molecular weight excluding hydrogens is 289 g/mol. The monoisotopic (exact) mass is 305 g/mol. The van der Waals surface area contributed by atoms with Crippen molar-refractivity contribution in [1.82, 2.24) is 5.32 Å². The normalized spacial score (nSPS) is 16.8. The van der Waals surface area contributed by atoms with Gasteiger partial charge < -0.3 is 10.1 Å². The highest BCUT2D eigenvalue weighted by Gasteiger charge is 2.22. The van der Waals surface area contributed by atoms with E-state index in [1.165, 1.54) is 11.6 Å². The summed E-state index contributed by atoms with van der Waals surface area (Å²) in [6.07, 6.45) is 1.88. The number of rotatable bonds is 4. The van der Waals surface area contributed by atoms with E-state index in [0.717, 1.165) is 29.7 Å². The van der Waals surface area contributed by atoms with Gasteiger partial charge in [-0.05, 0) is 48.2 Å². The van der Waals surface area contributed by atoms with Crippen LogP contribution >= 0.6 is 11.6 Å². The molecular formula is C17H17ClFNO. The van der Waals surface area contributed by atoms with Gasteiger partial charge in [-0.1, -0.05) is 23.7 Å². The molecule has 1 aliphatic carbocycles. The largest absolute Gasteiger partial charge is 0.496 e. The first-order valence-corrected chi connectivity index (χ1v) is 7.40. The highest BCUT2D eigenvalue weighted by atomic mass is 35.5. The molecule has 0 radical (unpaired) electrons. The van der Waals surface area contributed by atoms with Gasteiger partial charge in [0.15, 0.2) is 0 Å². The molecule has 0 amide bonds. The van der Waals surface area contributed by atoms with Gasteiger partial charge in [0.2, 0.25) is 0 Å². The van der Waals surface area contributed by atoms with Crippen LogP contribution in [0, 0.1) is 5.82 Å². The van der Waals surface area contributed by atoms with E-state index in [1.807, 2.05) is 24.3 Å². The van der Waals surface area contributed by atoms with Crippen molar-refractivity contribution in [2.24, 2.45) is 0 Å². The van der Waals surface area contributed by atoms with Gasteiger partial charge in [0.05, 0.1) is 7.11 Å². The summed E-state index contributed by atoms with van der Waals surface area (Å²) in [4.78, 5) is 0. The van der Waals surface area contributed by atoms with Gasteiger partial charge >= 0.3 is 0 Å². The minimum absolute atomic E-state index is 0.165. The maximum absolute atomic E-state index is 13.2. The number of halogens is 2. The summed E-state index contributed by atoms with van der Waals surface area (Å²) in [5.41, 5.74) is 3.23. The lowest BCUT2D eigenvalue weighted by Crippen LogP contribution is -2.19. The zero-order chi connectivity index (χ0) is 14.8. The Morgan fingerprint density at radius 1 is 1.33 bits per heavy atom. The number of ether oxygens (including phenoxy) is 1. The molecule has 0 bridgehead atoms. The molecule has 21 heavy (non-hydrogen) atoms. The van der Waals surface area contributed by atoms with Crippen molar-refractivity contribution in [2.45, 2.75) is 25.4 Å². The Labute approximate surface area is 128 Å². The minimum atomic E-state index is -0.165. The fourth-order valence-corrected chi connectivity index (χ4v) is 3.16. The van der Waals surface area contributed by atoms with Crippen LogP contribution in [0.4, 0.5) is 4.39 Å². The third-order valence-electron chi connectivity index (χ3n) is 4.00. The first-order valence-electron chi connectivity index (χ1n) is 7.02. The molecule has 2 aromatic carbocycles. The van der Waals surface area contributed by atoms with E-state index < -0.39 is 0 Å². The first-order chi connectivity index (χ1) is 10.2. The Bertz CT molecular complexity index is 659. The molecule has 0 saturated heterocycles. The van der Waals surface area contributed by atoms with Crippen LogP contribution in [0.3, 0.4) is 0 Å². The van der Waals surface area contributed by atoms with E-state index in [0.29, 0.717) is 11.6 Å². The number of hydrogen-bond donors (Lipinski definition) is 1. The fourth-order valence-electron chi connectivity index (χ4n) is 2.93. The molecule has 2 aromatic rings. The Morgan fingerprint density at radius 3 is 3.00 bits per heavy atom. The van der Waals surface area contributed by atoms with Crippen molar-refractivity contribution in [1.29, 1.82) is 0 Å². The van der Waals surface area contributed by atoms with Gasteiger partial charge in [0.25, 0.3) is 0 Å². The number of aryl methyl sites for hydroxylation is 1. The number of benzene rings is 2. The van der Waals surface area contributed by atoms with Crippen LogP contribution in [0.25, 0.3) is 0 Å². The molecule has 0 aromatic heterocycles. The maximum atomic E-state index is 13.2. The van der Waals surface area contributed by atoms with Crippen molar-refractivity contribution < 1.29 is 9.13 Å². The van der Waals surface area contributed by atoms with Gasteiger partial charge in [-0.15, -0.1) is 0 Å². The second-order valence-electron chi connectivity index (χ2n) is 5.24. The van der Waals surface area contributed by atoms with Gasteiger partial charge in [-0.25, -0.2) is 4.39 Å². The maximum Gasteiger partial charge on any atom is 0.124 e. The zero-order valence-electron chi connectivity index (χ0n) is 11.8. The number of methoxy groups -OCH3 is 1. The third kappa shape index (κ3) is 2.89. The molecule has 0 heterocycles. The van der Waals surface area contributed by atoms with E-state index in [9.17, 15) is 4.39 Å². The third-order valence-corrected chi connectivity index (χ3v) is 4.36. The van der Waals surface area contributed by atoms with Crippen molar-refractivity contribution in [3.05, 3.63) is 63.9 Å². The van der Waals surface area contributed by atoms with Crippen molar-refractivity contribution >= 4 is 11.6 Å². The van der Waals surface area contributed by atoms with E-state index in [-0.39, 0.29) is 11.9 Å². The van der Waals surface area contributed by atoms with Crippen LogP contribution in [0.5, 0.6) is 5.75 Å². The SMILES string of the molecule is COc1cccc(Cl)c1CNC1CCc2cc(F)ccc21. The van der Waals surface area contributed by atoms with Gasteiger partial charge in [0.1, 0.15) is 11.6 Å². The molecule has 4 heteroatoms. The zero-order valence-corrected chi connectivity index (χ0v) is 12.6. The van der Waals surface area contributed by atoms with Crippen LogP contribution in [0.15, 0.2) is 36.4 Å². The summed E-state index contributed by atoms with van der Waals surface area (Å²) >= 11 is 6.25. The molecule has 1 N–H and O–H groups in total. The summed E-state index contributed by atoms with van der Waals surface area (Å²) in [5.74, 6) is 0.620. The second kappa shape index (κ2) is 6.04. The molecule has 0 spiro atoms. The lowest BCUT2D eigenvalue weighted by molar-refractivity contribution is 0.405. The van der Waals surface area contributed by atoms with E-state index in [1.54, 1.807) is 13.2 Å². The first kappa shape index (κ1) is 14.4. The molecule has 0 saturated carbocycles. The minimum Gasteiger partial charge on any atom is -0.496 e. The Kier molecular flexibility index (Phi) is 4.13. The summed E-state index contributed by atoms with van der Waals surface area (Å²) in [7, 11) is 1.64. The quantitative estimate of drug-likeness (QED) is 0.911. The predicted octanol–water partition coefficient (Wildman–Crippen LogP) is 4.26. The average molecular weight is 306 g/mol. The molecule has 1 unspecified atom stereocenters. The highest BCUT2D eigenvalue weighted by molar-refractivity contribution is 6.31. The van der Waals surface area contributed by atoms with Crippen molar-refractivity contribution in [3.8, 4) is 5.75 Å². The summed E-state index contributed by atoms with van der Waals surface area (Å²) < 4.78 is 18.6. The molecule has 1 atom stereocenters. The summed E-state index contributed by atoms with van der Waals surface area (Å²) in [5, 5.41) is 4.20. The van der Waals surface area contributed by atoms with Crippen LogP contribution in [-0.4, -0.2) is 7.11 Å². The number of fused-ring (bicyclic) bond motifs is 1. The van der Waals surface area contributed by atoms with E-state index >= 15 is 0 Å². The van der Waals surface area contributed by atoms with Gasteiger partial charge in [-0.2, -0.15) is 0 Å². The fraction of sp³-hybridized carbons (Fsp3) is 0.294. The number of nitrogens with one attached hydrogen (secondary N) is 1. The van der Waals surface area contributed by atoms with Crippen LogP contribution in [-0.2, 0) is 13.0 Å². The number of hydrogen-bond acceptors (Lipinski definition) is 2. The smallest absolute Gasteiger partial charge is 0.124 e. The Morgan fingerprint density at radius 2 is 2.19 bits per heavy atom. The Hall–Kier alpha value is -1.58. The Balaban J connectivity index is 1.76. The van der Waals surface area contributed by atoms with E-state index in [2.05, 4.69) is 5.32 Å². The van der Waals surface area contributed by atoms with E-state index in [4.69, 9.17) is 16.3 Å². The van der Waals surface area contributed by atoms with Crippen molar-refractivity contribution in [3.63, 3.8) is 0 Å². The van der Waals surface area contributed by atoms with Crippen LogP contribution < -0.4 is 10.1 Å². The molecule has 110 valence electrons. The molecule has 1 aliphatic rings. The highest BCUT2D eigenvalue weighted by Crippen LogP contribution is 2.33. The summed E-state index contributed by atoms with van der Waals surface area (Å²) in [6, 6.07) is 10.9. The van der Waals surface area contributed by atoms with Gasteiger partial charge in [0, 0.05) is 23.2 Å². The predicted molar refractivity (Wildman–Crippen MR) is 82.3 cm³/mol. The average Bonchev–Trinajstić information content (AvgIpc) is 2.88. The lowest BCUT2D eigenvalue weighted by Gasteiger charge is -2.16. The molecule has 3 rings (SSSR count). The molecule has 0 aliphatic heterocycles. The van der Waals surface area contributed by atoms with Crippen molar-refractivity contribution in [2.75, 3.05) is 7.11 Å². The van der Waals surface area contributed by atoms with Crippen LogP contribution in [0.1, 0.15) is 29.2 Å². The van der Waals surface area contributed by atoms with Crippen LogP contribution in [0.2, 0.25) is 5.02 Å². The molecule has 2 nitrogen and oxygen atoms in total. The lowest BCUT2D eigenvalue weighted by atomic mass is 10.1. The van der Waals surface area contributed by atoms with Gasteiger partial charge in [-0.3, -0.25) is 0 Å².